The molecule has 0 saturated carbocycles. The van der Waals surface area contributed by atoms with Gasteiger partial charge in [-0.2, -0.15) is 0 Å². The maximum atomic E-state index is 12.4. The number of amides is 1. The highest BCUT2D eigenvalue weighted by Crippen LogP contribution is 2.27. The second kappa shape index (κ2) is 10.1. The van der Waals surface area contributed by atoms with Gasteiger partial charge in [0, 0.05) is 24.1 Å². The molecule has 1 amide bonds. The van der Waals surface area contributed by atoms with Gasteiger partial charge >= 0.3 is 5.97 Å². The van der Waals surface area contributed by atoms with Crippen molar-refractivity contribution in [2.45, 2.75) is 44.9 Å². The number of thioether (sulfide) groups is 1. The average molecular weight is 391 g/mol. The number of rotatable bonds is 9. The molecule has 0 bridgehead atoms. The summed E-state index contributed by atoms with van der Waals surface area (Å²) >= 11 is 1.40. The van der Waals surface area contributed by atoms with Crippen molar-refractivity contribution in [3.05, 3.63) is 40.9 Å². The summed E-state index contributed by atoms with van der Waals surface area (Å²) in [6, 6.07) is 3.31. The number of pyridine rings is 1. The summed E-state index contributed by atoms with van der Waals surface area (Å²) in [5.41, 5.74) is 2.14. The van der Waals surface area contributed by atoms with Crippen molar-refractivity contribution in [2.24, 2.45) is 5.92 Å². The summed E-state index contributed by atoms with van der Waals surface area (Å²) in [4.78, 5) is 28.4. The third-order valence-electron chi connectivity index (χ3n) is 3.90. The van der Waals surface area contributed by atoms with Crippen LogP contribution in [0.2, 0.25) is 0 Å². The van der Waals surface area contributed by atoms with E-state index in [1.54, 1.807) is 18.3 Å². The number of hydrogen-bond acceptors (Lipinski definition) is 7. The van der Waals surface area contributed by atoms with Gasteiger partial charge < -0.3 is 14.6 Å². The SMILES string of the molecule is Cc1noc(C)c1CSc1ncccc1C(=O)OCC(=O)NCCC(C)C. The zero-order valence-corrected chi connectivity index (χ0v) is 16.9. The summed E-state index contributed by atoms with van der Waals surface area (Å²) in [7, 11) is 0. The largest absolute Gasteiger partial charge is 0.452 e. The summed E-state index contributed by atoms with van der Waals surface area (Å²) in [5, 5.41) is 7.21. The van der Waals surface area contributed by atoms with Crippen LogP contribution in [0.4, 0.5) is 0 Å². The van der Waals surface area contributed by atoms with Gasteiger partial charge in [-0.3, -0.25) is 4.79 Å². The number of aromatic nitrogens is 2. The molecule has 0 fully saturated rings. The molecule has 2 rings (SSSR count). The number of nitrogens with zero attached hydrogens (tertiary/aromatic N) is 2. The molecule has 146 valence electrons. The lowest BCUT2D eigenvalue weighted by molar-refractivity contribution is -0.124. The van der Waals surface area contributed by atoms with Crippen LogP contribution in [0.15, 0.2) is 27.9 Å². The Hall–Kier alpha value is -2.35. The predicted molar refractivity (Wildman–Crippen MR) is 103 cm³/mol. The molecule has 0 aliphatic rings. The second-order valence-corrected chi connectivity index (χ2v) is 7.52. The van der Waals surface area contributed by atoms with Crippen molar-refractivity contribution in [1.29, 1.82) is 0 Å². The molecule has 8 heteroatoms. The lowest BCUT2D eigenvalue weighted by Gasteiger charge is -2.09. The quantitative estimate of drug-likeness (QED) is 0.518. The van der Waals surface area contributed by atoms with Gasteiger partial charge in [-0.05, 0) is 38.3 Å². The Kier molecular flexibility index (Phi) is 7.84. The lowest BCUT2D eigenvalue weighted by atomic mass is 10.1. The fourth-order valence-electron chi connectivity index (χ4n) is 2.27. The zero-order valence-electron chi connectivity index (χ0n) is 16.1. The first kappa shape index (κ1) is 21.0. The Balaban J connectivity index is 1.92. The molecule has 2 heterocycles. The second-order valence-electron chi connectivity index (χ2n) is 6.56. The number of hydrogen-bond donors (Lipinski definition) is 1. The third kappa shape index (κ3) is 6.39. The smallest absolute Gasteiger partial charge is 0.341 e. The fraction of sp³-hybridized carbons (Fsp3) is 0.474. The number of carbonyl (C=O) groups is 2. The molecule has 2 aromatic rings. The molecule has 0 aliphatic heterocycles. The molecule has 2 aromatic heterocycles. The Morgan fingerprint density at radius 2 is 2.11 bits per heavy atom. The molecule has 27 heavy (non-hydrogen) atoms. The topological polar surface area (TPSA) is 94.3 Å². The Labute approximate surface area is 163 Å². The summed E-state index contributed by atoms with van der Waals surface area (Å²) < 4.78 is 10.3. The number of esters is 1. The van der Waals surface area contributed by atoms with Crippen LogP contribution in [0.5, 0.6) is 0 Å². The van der Waals surface area contributed by atoms with E-state index in [0.717, 1.165) is 23.4 Å². The van der Waals surface area contributed by atoms with E-state index < -0.39 is 5.97 Å². The van der Waals surface area contributed by atoms with Crippen molar-refractivity contribution < 1.29 is 18.8 Å². The first-order valence-electron chi connectivity index (χ1n) is 8.81. The standard InChI is InChI=1S/C19H25N3O4S/c1-12(2)7-9-20-17(23)10-25-19(24)15-6-5-8-21-18(15)27-11-16-13(3)22-26-14(16)4/h5-6,8,12H,7,9-11H2,1-4H3,(H,20,23). The number of nitrogens with one attached hydrogen (secondary N) is 1. The number of carbonyl (C=O) groups excluding carboxylic acids is 2. The van der Waals surface area contributed by atoms with Crippen molar-refractivity contribution >= 4 is 23.6 Å². The molecule has 0 unspecified atom stereocenters. The zero-order chi connectivity index (χ0) is 19.8. The van der Waals surface area contributed by atoms with Gasteiger partial charge in [0.05, 0.1) is 11.3 Å². The van der Waals surface area contributed by atoms with Crippen LogP contribution in [0.1, 0.15) is 47.6 Å². The molecule has 7 nitrogen and oxygen atoms in total. The Bertz CT molecular complexity index is 770. The molecule has 0 spiro atoms. The van der Waals surface area contributed by atoms with Crippen molar-refractivity contribution in [2.75, 3.05) is 13.2 Å². The van der Waals surface area contributed by atoms with Crippen LogP contribution in [0.25, 0.3) is 0 Å². The van der Waals surface area contributed by atoms with Gasteiger partial charge in [0.15, 0.2) is 6.61 Å². The molecule has 0 aromatic carbocycles. The average Bonchev–Trinajstić information content (AvgIpc) is 2.96. The van der Waals surface area contributed by atoms with Gasteiger partial charge in [0.2, 0.25) is 0 Å². The van der Waals surface area contributed by atoms with Crippen LogP contribution in [0.3, 0.4) is 0 Å². The van der Waals surface area contributed by atoms with E-state index in [4.69, 9.17) is 9.26 Å². The highest BCUT2D eigenvalue weighted by atomic mass is 32.2. The van der Waals surface area contributed by atoms with Crippen LogP contribution >= 0.6 is 11.8 Å². The van der Waals surface area contributed by atoms with Crippen LogP contribution in [-0.4, -0.2) is 35.2 Å². The minimum Gasteiger partial charge on any atom is -0.452 e. The van der Waals surface area contributed by atoms with E-state index in [1.165, 1.54) is 11.8 Å². The Morgan fingerprint density at radius 1 is 1.33 bits per heavy atom. The number of ether oxygens (including phenoxy) is 1. The van der Waals surface area contributed by atoms with Crippen molar-refractivity contribution in [3.8, 4) is 0 Å². The van der Waals surface area contributed by atoms with Gasteiger partial charge in [0.1, 0.15) is 10.8 Å². The fourth-order valence-corrected chi connectivity index (χ4v) is 3.41. The summed E-state index contributed by atoms with van der Waals surface area (Å²) in [6.45, 7) is 8.14. The molecule has 0 saturated heterocycles. The van der Waals surface area contributed by atoms with E-state index in [-0.39, 0.29) is 12.5 Å². The Morgan fingerprint density at radius 3 is 2.78 bits per heavy atom. The minimum atomic E-state index is -0.566. The van der Waals surface area contributed by atoms with Crippen molar-refractivity contribution in [1.82, 2.24) is 15.5 Å². The van der Waals surface area contributed by atoms with Crippen LogP contribution in [0, 0.1) is 19.8 Å². The molecule has 0 atom stereocenters. The van der Waals surface area contributed by atoms with E-state index >= 15 is 0 Å². The van der Waals surface area contributed by atoms with Gasteiger partial charge in [-0.1, -0.05) is 19.0 Å². The van der Waals surface area contributed by atoms with Crippen molar-refractivity contribution in [3.63, 3.8) is 0 Å². The first-order chi connectivity index (χ1) is 12.9. The lowest BCUT2D eigenvalue weighted by Crippen LogP contribution is -2.30. The molecule has 0 radical (unpaired) electrons. The highest BCUT2D eigenvalue weighted by Gasteiger charge is 2.17. The number of aryl methyl sites for hydroxylation is 2. The van der Waals surface area contributed by atoms with Gasteiger partial charge in [-0.25, -0.2) is 9.78 Å². The highest BCUT2D eigenvalue weighted by molar-refractivity contribution is 7.98. The van der Waals surface area contributed by atoms with E-state index in [2.05, 4.69) is 29.3 Å². The van der Waals surface area contributed by atoms with Crippen LogP contribution < -0.4 is 5.32 Å². The first-order valence-corrected chi connectivity index (χ1v) is 9.80. The summed E-state index contributed by atoms with van der Waals surface area (Å²) in [5.74, 6) is 0.952. The molecular formula is C19H25N3O4S. The van der Waals surface area contributed by atoms with Crippen LogP contribution in [-0.2, 0) is 15.3 Å². The minimum absolute atomic E-state index is 0.306. The predicted octanol–water partition coefficient (Wildman–Crippen LogP) is 3.30. The van der Waals surface area contributed by atoms with E-state index in [9.17, 15) is 9.59 Å². The maximum Gasteiger partial charge on any atom is 0.341 e. The maximum absolute atomic E-state index is 12.4. The molecule has 1 N–H and O–H groups in total. The molecular weight excluding hydrogens is 366 g/mol. The van der Waals surface area contributed by atoms with Gasteiger partial charge in [0.25, 0.3) is 5.91 Å². The third-order valence-corrected chi connectivity index (χ3v) is 4.94. The van der Waals surface area contributed by atoms with E-state index in [1.807, 2.05) is 13.8 Å². The monoisotopic (exact) mass is 391 g/mol. The van der Waals surface area contributed by atoms with E-state index in [0.29, 0.717) is 28.8 Å². The van der Waals surface area contributed by atoms with Gasteiger partial charge in [-0.15, -0.1) is 11.8 Å². The normalized spacial score (nSPS) is 10.9. The summed E-state index contributed by atoms with van der Waals surface area (Å²) in [6.07, 6.45) is 2.50. The molecule has 0 aliphatic carbocycles.